The van der Waals surface area contributed by atoms with E-state index in [9.17, 15) is 14.4 Å². The third-order valence-corrected chi connectivity index (χ3v) is 11.6. The molecule has 1 N–H and O–H groups in total. The van der Waals surface area contributed by atoms with Crippen LogP contribution in [0.1, 0.15) is 38.9 Å². The Morgan fingerprint density at radius 2 is 1.23 bits per heavy atom. The van der Waals surface area contributed by atoms with Gasteiger partial charge in [0.15, 0.2) is 0 Å². The van der Waals surface area contributed by atoms with E-state index in [0.717, 1.165) is 48.3 Å². The van der Waals surface area contributed by atoms with Crippen LogP contribution in [0.2, 0.25) is 0 Å². The summed E-state index contributed by atoms with van der Waals surface area (Å²) in [5.74, 6) is -3.39. The molecule has 0 radical (unpaired) electrons. The van der Waals surface area contributed by atoms with Crippen LogP contribution in [0.15, 0.2) is 95.5 Å². The summed E-state index contributed by atoms with van der Waals surface area (Å²) in [5, 5.41) is 3.02. The molecule has 216 valence electrons. The fourth-order valence-corrected chi connectivity index (χ4v) is 8.80. The molecular weight excluding hydrogens is 647 g/mol. The summed E-state index contributed by atoms with van der Waals surface area (Å²) in [7, 11) is 0. The summed E-state index contributed by atoms with van der Waals surface area (Å²) in [6.07, 6.45) is 0.141. The first-order chi connectivity index (χ1) is 20.6. The lowest BCUT2D eigenvalue weighted by atomic mass is 9.54. The van der Waals surface area contributed by atoms with Crippen molar-refractivity contribution in [2.75, 3.05) is 5.32 Å². The number of amides is 3. The molecule has 0 aromatic heterocycles. The molecule has 8 heteroatoms. The van der Waals surface area contributed by atoms with E-state index >= 15 is 0 Å². The van der Waals surface area contributed by atoms with Gasteiger partial charge in [0.05, 0.1) is 11.8 Å². The molecule has 43 heavy (non-hydrogen) atoms. The van der Waals surface area contributed by atoms with Gasteiger partial charge in [-0.05, 0) is 64.9 Å². The van der Waals surface area contributed by atoms with Gasteiger partial charge in [-0.2, -0.15) is 0 Å². The molecule has 4 aromatic rings. The Labute approximate surface area is 268 Å². The molecule has 0 spiro atoms. The number of nitrogens with zero attached hydrogens (tertiary/aromatic N) is 1. The summed E-state index contributed by atoms with van der Waals surface area (Å²) < 4.78 is 0.923. The van der Waals surface area contributed by atoms with E-state index in [1.165, 1.54) is 0 Å². The number of halogens is 3. The molecule has 1 aliphatic heterocycles. The fraction of sp³-hybridized carbons (Fsp3) is 0.229. The van der Waals surface area contributed by atoms with Gasteiger partial charge in [0.2, 0.25) is 17.7 Å². The van der Waals surface area contributed by atoms with Crippen LogP contribution in [0, 0.1) is 25.7 Å². The van der Waals surface area contributed by atoms with Crippen molar-refractivity contribution in [2.45, 2.75) is 36.1 Å². The van der Waals surface area contributed by atoms with Crippen molar-refractivity contribution < 1.29 is 14.4 Å². The summed E-state index contributed by atoms with van der Waals surface area (Å²) in [6.45, 7) is 3.88. The average Bonchev–Trinajstić information content (AvgIpc) is 3.30. The molecular formula is C35H27BrCl2N2O3. The number of imide groups is 1. The maximum absolute atomic E-state index is 14.6. The molecule has 4 aromatic carbocycles. The van der Waals surface area contributed by atoms with E-state index in [1.807, 2.05) is 105 Å². The van der Waals surface area contributed by atoms with E-state index in [0.29, 0.717) is 5.69 Å². The highest BCUT2D eigenvalue weighted by Crippen LogP contribution is 2.69. The normalized spacial score (nSPS) is 25.7. The van der Waals surface area contributed by atoms with Crippen LogP contribution < -0.4 is 5.32 Å². The zero-order valence-electron chi connectivity index (χ0n) is 23.4. The monoisotopic (exact) mass is 672 g/mol. The molecule has 1 heterocycles. The number of carbonyl (C=O) groups is 3. The Kier molecular flexibility index (Phi) is 6.62. The van der Waals surface area contributed by atoms with Gasteiger partial charge >= 0.3 is 0 Å². The minimum Gasteiger partial charge on any atom is -0.324 e. The lowest BCUT2D eigenvalue weighted by Crippen LogP contribution is -2.57. The maximum atomic E-state index is 14.6. The largest absolute Gasteiger partial charge is 0.324 e. The van der Waals surface area contributed by atoms with Crippen molar-refractivity contribution in [3.63, 3.8) is 0 Å². The van der Waals surface area contributed by atoms with Crippen molar-refractivity contribution in [1.82, 2.24) is 4.90 Å². The van der Waals surface area contributed by atoms with Gasteiger partial charge in [-0.3, -0.25) is 19.3 Å². The van der Waals surface area contributed by atoms with Crippen LogP contribution in [-0.2, 0) is 30.6 Å². The SMILES string of the molecule is Cc1c(Br)ccc(NC(=O)[C@H](Cc2ccccc2)N2C(=O)[C@H]3[C@H](C2=O)C2(Cl)c4ccccc4C3(Cl)c3ccccc32)c1C. The zero-order valence-corrected chi connectivity index (χ0v) is 26.5. The van der Waals surface area contributed by atoms with Gasteiger partial charge in [0, 0.05) is 16.6 Å². The highest BCUT2D eigenvalue weighted by Gasteiger charge is 2.73. The third-order valence-electron chi connectivity index (χ3n) is 9.48. The number of benzene rings is 4. The standard InChI is InChI=1S/C35H27BrCl2N2O3/c1-19-20(2)27(17-16-26(19)36)39-31(41)28(18-21-10-4-3-5-11-21)40-32(42)29-30(33(40)43)35(38)23-13-7-6-12-22(23)34(29,37)24-14-8-9-15-25(24)35/h3-17,28-30H,18H2,1-2H3,(H,39,41)/t28-,29+,30+,34?,35?/m0/s1. The summed E-state index contributed by atoms with van der Waals surface area (Å²) in [5.41, 5.74) is 6.19. The molecule has 1 saturated heterocycles. The number of nitrogens with one attached hydrogen (secondary N) is 1. The smallest absolute Gasteiger partial charge is 0.248 e. The van der Waals surface area contributed by atoms with E-state index in [2.05, 4.69) is 21.2 Å². The van der Waals surface area contributed by atoms with E-state index < -0.39 is 45.3 Å². The van der Waals surface area contributed by atoms with Crippen molar-refractivity contribution >= 4 is 62.5 Å². The average molecular weight is 674 g/mol. The molecule has 0 unspecified atom stereocenters. The second-order valence-corrected chi connectivity index (χ2v) is 13.6. The Balaban J connectivity index is 1.36. The van der Waals surface area contributed by atoms with Crippen LogP contribution in [0.5, 0.6) is 0 Å². The van der Waals surface area contributed by atoms with Crippen LogP contribution in [0.3, 0.4) is 0 Å². The quantitative estimate of drug-likeness (QED) is 0.180. The molecule has 5 nitrogen and oxygen atoms in total. The van der Waals surface area contributed by atoms with E-state index in [-0.39, 0.29) is 6.42 Å². The molecule has 0 saturated carbocycles. The van der Waals surface area contributed by atoms with Gasteiger partial charge in [-0.15, -0.1) is 23.2 Å². The molecule has 3 atom stereocenters. The number of likely N-dealkylation sites (tertiary alicyclic amines) is 1. The molecule has 4 aliphatic rings. The van der Waals surface area contributed by atoms with Crippen LogP contribution in [-0.4, -0.2) is 28.7 Å². The van der Waals surface area contributed by atoms with Gasteiger partial charge in [0.25, 0.3) is 0 Å². The van der Waals surface area contributed by atoms with Crippen molar-refractivity contribution in [2.24, 2.45) is 11.8 Å². The maximum Gasteiger partial charge on any atom is 0.248 e. The minimum absolute atomic E-state index is 0.141. The summed E-state index contributed by atoms with van der Waals surface area (Å²) in [4.78, 5) is 42.0. The molecule has 3 amide bonds. The Morgan fingerprint density at radius 1 is 0.767 bits per heavy atom. The predicted molar refractivity (Wildman–Crippen MR) is 171 cm³/mol. The summed E-state index contributed by atoms with van der Waals surface area (Å²) >= 11 is 18.8. The van der Waals surface area contributed by atoms with Crippen molar-refractivity contribution in [3.05, 3.63) is 134 Å². The Morgan fingerprint density at radius 3 is 1.72 bits per heavy atom. The first-order valence-corrected chi connectivity index (χ1v) is 15.7. The number of carbonyl (C=O) groups excluding carboxylic acids is 3. The van der Waals surface area contributed by atoms with E-state index in [4.69, 9.17) is 23.2 Å². The first kappa shape index (κ1) is 28.3. The van der Waals surface area contributed by atoms with Gasteiger partial charge in [-0.1, -0.05) is 94.8 Å². The lowest BCUT2D eigenvalue weighted by Gasteiger charge is -2.54. The van der Waals surface area contributed by atoms with Gasteiger partial charge in [0.1, 0.15) is 15.8 Å². The lowest BCUT2D eigenvalue weighted by molar-refractivity contribution is -0.146. The highest BCUT2D eigenvalue weighted by molar-refractivity contribution is 9.10. The number of alkyl halides is 2. The predicted octanol–water partition coefficient (Wildman–Crippen LogP) is 7.21. The Hall–Kier alpha value is -3.45. The molecule has 2 bridgehead atoms. The number of hydrogen-bond donors (Lipinski definition) is 1. The fourth-order valence-electron chi connectivity index (χ4n) is 7.27. The summed E-state index contributed by atoms with van der Waals surface area (Å²) in [6, 6.07) is 27.0. The van der Waals surface area contributed by atoms with Crippen molar-refractivity contribution in [3.8, 4) is 0 Å². The zero-order chi connectivity index (χ0) is 30.3. The van der Waals surface area contributed by atoms with E-state index in [1.54, 1.807) is 0 Å². The topological polar surface area (TPSA) is 66.5 Å². The number of hydrogen-bond acceptors (Lipinski definition) is 3. The second kappa shape index (κ2) is 10.0. The number of anilines is 1. The second-order valence-electron chi connectivity index (χ2n) is 11.6. The Bertz CT molecular complexity index is 1720. The van der Waals surface area contributed by atoms with Crippen LogP contribution >= 0.6 is 39.1 Å². The molecule has 8 rings (SSSR count). The first-order valence-electron chi connectivity index (χ1n) is 14.1. The van der Waals surface area contributed by atoms with Crippen LogP contribution in [0.25, 0.3) is 0 Å². The van der Waals surface area contributed by atoms with Gasteiger partial charge < -0.3 is 5.32 Å². The van der Waals surface area contributed by atoms with Gasteiger partial charge in [-0.25, -0.2) is 0 Å². The van der Waals surface area contributed by atoms with Crippen LogP contribution in [0.4, 0.5) is 5.69 Å². The molecule has 3 aliphatic carbocycles. The molecule has 1 fully saturated rings. The minimum atomic E-state index is -1.32. The third kappa shape index (κ3) is 3.86. The highest BCUT2D eigenvalue weighted by atomic mass is 79.9. The van der Waals surface area contributed by atoms with Crippen molar-refractivity contribution in [1.29, 1.82) is 0 Å². The number of rotatable bonds is 5.